The lowest BCUT2D eigenvalue weighted by molar-refractivity contribution is 0.194. The van der Waals surface area contributed by atoms with Gasteiger partial charge in [0, 0.05) is 6.54 Å². The molecule has 12 heavy (non-hydrogen) atoms. The third-order valence-corrected chi connectivity index (χ3v) is 1.94. The molecule has 70 valence electrons. The zero-order valence-electron chi connectivity index (χ0n) is 7.18. The van der Waals surface area contributed by atoms with Crippen molar-refractivity contribution in [2.45, 2.75) is 19.3 Å². The molecule has 0 heterocycles. The van der Waals surface area contributed by atoms with E-state index in [1.54, 1.807) is 0 Å². The minimum absolute atomic E-state index is 0.549. The SMILES string of the molecule is O=C(O)NCCCNCC1CC1. The van der Waals surface area contributed by atoms with Gasteiger partial charge in [-0.2, -0.15) is 0 Å². The number of nitrogens with one attached hydrogen (secondary N) is 2. The van der Waals surface area contributed by atoms with Crippen molar-refractivity contribution in [3.05, 3.63) is 0 Å². The summed E-state index contributed by atoms with van der Waals surface area (Å²) < 4.78 is 0. The van der Waals surface area contributed by atoms with E-state index in [9.17, 15) is 4.79 Å². The molecule has 3 N–H and O–H groups in total. The number of hydrogen-bond donors (Lipinski definition) is 3. The fourth-order valence-corrected chi connectivity index (χ4v) is 1.04. The average molecular weight is 172 g/mol. The van der Waals surface area contributed by atoms with Gasteiger partial charge in [-0.3, -0.25) is 0 Å². The summed E-state index contributed by atoms with van der Waals surface area (Å²) in [5.41, 5.74) is 0. The molecule has 0 spiro atoms. The highest BCUT2D eigenvalue weighted by Gasteiger charge is 2.19. The molecule has 0 unspecified atom stereocenters. The highest BCUT2D eigenvalue weighted by atomic mass is 16.4. The molecule has 1 rings (SSSR count). The highest BCUT2D eigenvalue weighted by Crippen LogP contribution is 2.27. The molecule has 1 aliphatic carbocycles. The Bertz CT molecular complexity index is 146. The smallest absolute Gasteiger partial charge is 0.404 e. The summed E-state index contributed by atoms with van der Waals surface area (Å²) in [4.78, 5) is 10.0. The van der Waals surface area contributed by atoms with Gasteiger partial charge in [0.1, 0.15) is 0 Å². The lowest BCUT2D eigenvalue weighted by Gasteiger charge is -2.02. The summed E-state index contributed by atoms with van der Waals surface area (Å²) >= 11 is 0. The first-order chi connectivity index (χ1) is 5.79. The molecule has 4 nitrogen and oxygen atoms in total. The Kier molecular flexibility index (Phi) is 3.87. The second-order valence-electron chi connectivity index (χ2n) is 3.23. The van der Waals surface area contributed by atoms with Crippen LogP contribution < -0.4 is 10.6 Å². The van der Waals surface area contributed by atoms with Crippen LogP contribution in [0.1, 0.15) is 19.3 Å². The maximum atomic E-state index is 10.0. The third-order valence-electron chi connectivity index (χ3n) is 1.94. The van der Waals surface area contributed by atoms with Crippen LogP contribution in [0, 0.1) is 5.92 Å². The molecule has 0 aromatic heterocycles. The van der Waals surface area contributed by atoms with E-state index >= 15 is 0 Å². The minimum atomic E-state index is -0.933. The van der Waals surface area contributed by atoms with Crippen molar-refractivity contribution in [3.63, 3.8) is 0 Å². The van der Waals surface area contributed by atoms with E-state index in [0.29, 0.717) is 6.54 Å². The number of hydrogen-bond acceptors (Lipinski definition) is 2. The van der Waals surface area contributed by atoms with Crippen LogP contribution in [-0.4, -0.2) is 30.8 Å². The number of carbonyl (C=O) groups is 1. The van der Waals surface area contributed by atoms with Crippen LogP contribution in [0.25, 0.3) is 0 Å². The Morgan fingerprint density at radius 2 is 2.17 bits per heavy atom. The molecule has 1 fully saturated rings. The Morgan fingerprint density at radius 1 is 1.42 bits per heavy atom. The van der Waals surface area contributed by atoms with Crippen LogP contribution in [0.5, 0.6) is 0 Å². The van der Waals surface area contributed by atoms with Gasteiger partial charge in [-0.1, -0.05) is 0 Å². The van der Waals surface area contributed by atoms with Crippen molar-refractivity contribution in [2.75, 3.05) is 19.6 Å². The number of amides is 1. The summed E-state index contributed by atoms with van der Waals surface area (Å²) in [6, 6.07) is 0. The number of rotatable bonds is 6. The zero-order chi connectivity index (χ0) is 8.81. The van der Waals surface area contributed by atoms with Gasteiger partial charge in [0.2, 0.25) is 0 Å². The maximum absolute atomic E-state index is 10.0. The fraction of sp³-hybridized carbons (Fsp3) is 0.875. The van der Waals surface area contributed by atoms with Crippen LogP contribution >= 0.6 is 0 Å². The van der Waals surface area contributed by atoms with Gasteiger partial charge in [0.25, 0.3) is 0 Å². The molecule has 4 heteroatoms. The Labute approximate surface area is 72.3 Å². The summed E-state index contributed by atoms with van der Waals surface area (Å²) in [7, 11) is 0. The maximum Gasteiger partial charge on any atom is 0.404 e. The predicted molar refractivity (Wildman–Crippen MR) is 46.2 cm³/mol. The molecule has 0 aromatic rings. The third kappa shape index (κ3) is 4.96. The molecule has 1 amide bonds. The van der Waals surface area contributed by atoms with E-state index < -0.39 is 6.09 Å². The van der Waals surface area contributed by atoms with Crippen molar-refractivity contribution in [3.8, 4) is 0 Å². The zero-order valence-corrected chi connectivity index (χ0v) is 7.18. The van der Waals surface area contributed by atoms with Gasteiger partial charge in [-0.15, -0.1) is 0 Å². The van der Waals surface area contributed by atoms with E-state index in [1.165, 1.54) is 12.8 Å². The van der Waals surface area contributed by atoms with E-state index in [1.807, 2.05) is 0 Å². The average Bonchev–Trinajstić information content (AvgIpc) is 2.79. The molecule has 0 saturated heterocycles. The van der Waals surface area contributed by atoms with Gasteiger partial charge in [0.05, 0.1) is 0 Å². The molecule has 0 radical (unpaired) electrons. The second kappa shape index (κ2) is 4.98. The molecule has 1 saturated carbocycles. The molecule has 0 bridgehead atoms. The van der Waals surface area contributed by atoms with Crippen LogP contribution in [0.3, 0.4) is 0 Å². The van der Waals surface area contributed by atoms with E-state index in [0.717, 1.165) is 25.4 Å². The van der Waals surface area contributed by atoms with Gasteiger partial charge >= 0.3 is 6.09 Å². The molecule has 1 aliphatic rings. The predicted octanol–water partition coefficient (Wildman–Crippen LogP) is 0.644. The molecular formula is C8H16N2O2. The van der Waals surface area contributed by atoms with E-state index in [-0.39, 0.29) is 0 Å². The second-order valence-corrected chi connectivity index (χ2v) is 3.23. The van der Waals surface area contributed by atoms with E-state index in [4.69, 9.17) is 5.11 Å². The monoisotopic (exact) mass is 172 g/mol. The van der Waals surface area contributed by atoms with Crippen molar-refractivity contribution in [2.24, 2.45) is 5.92 Å². The lowest BCUT2D eigenvalue weighted by atomic mass is 10.4. The Morgan fingerprint density at radius 3 is 2.75 bits per heavy atom. The van der Waals surface area contributed by atoms with Crippen molar-refractivity contribution in [1.29, 1.82) is 0 Å². The summed E-state index contributed by atoms with van der Waals surface area (Å²) in [5.74, 6) is 0.900. The van der Waals surface area contributed by atoms with Crippen molar-refractivity contribution >= 4 is 6.09 Å². The van der Waals surface area contributed by atoms with Crippen LogP contribution in [0.2, 0.25) is 0 Å². The van der Waals surface area contributed by atoms with Crippen molar-refractivity contribution in [1.82, 2.24) is 10.6 Å². The fourth-order valence-electron chi connectivity index (χ4n) is 1.04. The van der Waals surface area contributed by atoms with E-state index in [2.05, 4.69) is 10.6 Å². The molecule has 0 atom stereocenters. The molecule has 0 aromatic carbocycles. The van der Waals surface area contributed by atoms with Crippen LogP contribution in [-0.2, 0) is 0 Å². The Hall–Kier alpha value is -0.770. The molecule has 0 aliphatic heterocycles. The first kappa shape index (κ1) is 9.32. The Balaban J connectivity index is 1.73. The summed E-state index contributed by atoms with van der Waals surface area (Å²) in [6.45, 7) is 2.57. The van der Waals surface area contributed by atoms with Crippen LogP contribution in [0.15, 0.2) is 0 Å². The topological polar surface area (TPSA) is 61.4 Å². The first-order valence-corrected chi connectivity index (χ1v) is 4.46. The normalized spacial score (nSPS) is 16.0. The van der Waals surface area contributed by atoms with Gasteiger partial charge in [0.15, 0.2) is 0 Å². The number of carboxylic acid groups (broad SMARTS) is 1. The summed E-state index contributed by atoms with van der Waals surface area (Å²) in [6.07, 6.45) is 2.66. The van der Waals surface area contributed by atoms with Gasteiger partial charge in [-0.05, 0) is 38.3 Å². The minimum Gasteiger partial charge on any atom is -0.465 e. The highest BCUT2D eigenvalue weighted by molar-refractivity contribution is 5.64. The lowest BCUT2D eigenvalue weighted by Crippen LogP contribution is -2.26. The first-order valence-electron chi connectivity index (χ1n) is 4.46. The largest absolute Gasteiger partial charge is 0.465 e. The molecular weight excluding hydrogens is 156 g/mol. The van der Waals surface area contributed by atoms with Gasteiger partial charge < -0.3 is 15.7 Å². The standard InChI is InChI=1S/C8H16N2O2/c11-8(12)10-5-1-4-9-6-7-2-3-7/h7,9-10H,1-6H2,(H,11,12). The quantitative estimate of drug-likeness (QED) is 0.515. The van der Waals surface area contributed by atoms with Crippen molar-refractivity contribution < 1.29 is 9.90 Å². The van der Waals surface area contributed by atoms with Gasteiger partial charge in [-0.25, -0.2) is 4.79 Å². The van der Waals surface area contributed by atoms with Crippen LogP contribution in [0.4, 0.5) is 4.79 Å². The summed E-state index contributed by atoms with van der Waals surface area (Å²) in [5, 5.41) is 13.9.